The summed E-state index contributed by atoms with van der Waals surface area (Å²) in [5, 5.41) is 9.36. The maximum atomic E-state index is 12.9. The van der Waals surface area contributed by atoms with Crippen LogP contribution in [0, 0.1) is 0 Å². The topological polar surface area (TPSA) is 66.8 Å². The summed E-state index contributed by atoms with van der Waals surface area (Å²) >= 11 is 1.52. The molecule has 146 valence electrons. The second-order valence-electron chi connectivity index (χ2n) is 7.14. The van der Waals surface area contributed by atoms with Crippen molar-refractivity contribution in [3.05, 3.63) is 59.7 Å². The number of nitrogens with zero attached hydrogens (tertiary/aromatic N) is 1. The Morgan fingerprint density at radius 2 is 1.71 bits per heavy atom. The van der Waals surface area contributed by atoms with Crippen LogP contribution >= 0.6 is 11.8 Å². The SMILES string of the molecule is CCCC1SCC(C(=O)O)N1C(=O)OCC1c2ccccc2-c2ccccc21. The number of thioether (sulfide) groups is 1. The minimum Gasteiger partial charge on any atom is -0.480 e. The van der Waals surface area contributed by atoms with Crippen molar-refractivity contribution in [3.8, 4) is 11.1 Å². The maximum Gasteiger partial charge on any atom is 0.411 e. The summed E-state index contributed by atoms with van der Waals surface area (Å²) in [6.07, 6.45) is 1.12. The largest absolute Gasteiger partial charge is 0.480 e. The van der Waals surface area contributed by atoms with Crippen LogP contribution in [0.4, 0.5) is 4.79 Å². The van der Waals surface area contributed by atoms with Gasteiger partial charge in [-0.3, -0.25) is 4.90 Å². The molecule has 2 aliphatic rings. The standard InChI is InChI=1S/C22H23NO4S/c1-2-7-20-23(19(13-28-20)21(24)25)22(26)27-12-18-16-10-5-3-8-14(16)15-9-4-6-11-17(15)18/h3-6,8-11,18-20H,2,7,12-13H2,1H3,(H,24,25). The summed E-state index contributed by atoms with van der Waals surface area (Å²) in [4.78, 5) is 25.9. The second-order valence-corrected chi connectivity index (χ2v) is 8.35. The van der Waals surface area contributed by atoms with Crippen molar-refractivity contribution >= 4 is 23.8 Å². The van der Waals surface area contributed by atoms with Crippen LogP contribution in [0.25, 0.3) is 11.1 Å². The lowest BCUT2D eigenvalue weighted by Crippen LogP contribution is -2.46. The van der Waals surface area contributed by atoms with Gasteiger partial charge in [-0.25, -0.2) is 9.59 Å². The number of hydrogen-bond acceptors (Lipinski definition) is 4. The van der Waals surface area contributed by atoms with Crippen LogP contribution in [0.3, 0.4) is 0 Å². The predicted octanol–water partition coefficient (Wildman–Crippen LogP) is 4.56. The van der Waals surface area contributed by atoms with Gasteiger partial charge in [-0.05, 0) is 28.7 Å². The molecule has 5 nitrogen and oxygen atoms in total. The van der Waals surface area contributed by atoms with Crippen LogP contribution in [0.1, 0.15) is 36.8 Å². The highest BCUT2D eigenvalue weighted by Gasteiger charge is 2.42. The highest BCUT2D eigenvalue weighted by Crippen LogP contribution is 2.44. The molecule has 0 aromatic heterocycles. The average molecular weight is 397 g/mol. The first kappa shape index (κ1) is 18.9. The number of carbonyl (C=O) groups is 2. The Balaban J connectivity index is 1.54. The number of amides is 1. The van der Waals surface area contributed by atoms with Gasteiger partial charge in [0.05, 0.1) is 5.37 Å². The number of fused-ring (bicyclic) bond motifs is 3. The molecule has 2 unspecified atom stereocenters. The molecule has 1 saturated heterocycles. The molecule has 1 fully saturated rings. The molecule has 1 aliphatic heterocycles. The smallest absolute Gasteiger partial charge is 0.411 e. The van der Waals surface area contributed by atoms with Crippen LogP contribution in [0.2, 0.25) is 0 Å². The fraction of sp³-hybridized carbons (Fsp3) is 0.364. The lowest BCUT2D eigenvalue weighted by Gasteiger charge is -2.27. The van der Waals surface area contributed by atoms with Gasteiger partial charge in [-0.2, -0.15) is 0 Å². The van der Waals surface area contributed by atoms with Gasteiger partial charge < -0.3 is 9.84 Å². The van der Waals surface area contributed by atoms with Crippen LogP contribution < -0.4 is 0 Å². The molecule has 0 saturated carbocycles. The Kier molecular flexibility index (Phi) is 5.31. The molecule has 2 aromatic carbocycles. The molecule has 0 bridgehead atoms. The molecule has 6 heteroatoms. The third-order valence-electron chi connectivity index (χ3n) is 5.46. The number of hydrogen-bond donors (Lipinski definition) is 1. The summed E-state index contributed by atoms with van der Waals surface area (Å²) in [6.45, 7) is 2.24. The summed E-state index contributed by atoms with van der Waals surface area (Å²) in [5.74, 6) is -0.594. The molecule has 28 heavy (non-hydrogen) atoms. The first-order valence-corrected chi connectivity index (χ1v) is 10.6. The molecular formula is C22H23NO4S. The number of benzene rings is 2. The van der Waals surface area contributed by atoms with Gasteiger partial charge in [-0.1, -0.05) is 61.9 Å². The van der Waals surface area contributed by atoms with Crippen LogP contribution in [0.15, 0.2) is 48.5 Å². The summed E-state index contributed by atoms with van der Waals surface area (Å²) < 4.78 is 5.69. The van der Waals surface area contributed by atoms with Crippen molar-refractivity contribution < 1.29 is 19.4 Å². The normalized spacial score (nSPS) is 20.7. The molecule has 1 N–H and O–H groups in total. The lowest BCUT2D eigenvalue weighted by molar-refractivity contribution is -0.141. The second kappa shape index (κ2) is 7.87. The molecule has 2 atom stereocenters. The van der Waals surface area contributed by atoms with E-state index in [1.165, 1.54) is 27.8 Å². The van der Waals surface area contributed by atoms with Gasteiger partial charge >= 0.3 is 12.1 Å². The Labute approximate surface area is 168 Å². The number of ether oxygens (including phenoxy) is 1. The Bertz CT molecular complexity index is 854. The molecule has 2 aromatic rings. The van der Waals surface area contributed by atoms with E-state index in [9.17, 15) is 14.7 Å². The van der Waals surface area contributed by atoms with Crippen LogP contribution in [-0.2, 0) is 9.53 Å². The van der Waals surface area contributed by atoms with E-state index in [0.29, 0.717) is 5.75 Å². The summed E-state index contributed by atoms with van der Waals surface area (Å²) in [6, 6.07) is 15.5. The highest BCUT2D eigenvalue weighted by molar-refractivity contribution is 8.00. The van der Waals surface area contributed by atoms with E-state index in [1.54, 1.807) is 0 Å². The third kappa shape index (κ3) is 3.26. The van der Waals surface area contributed by atoms with Crippen molar-refractivity contribution in [1.82, 2.24) is 4.90 Å². The minimum atomic E-state index is -0.973. The predicted molar refractivity (Wildman–Crippen MR) is 109 cm³/mol. The van der Waals surface area contributed by atoms with Crippen LogP contribution in [-0.4, -0.2) is 45.8 Å². The summed E-state index contributed by atoms with van der Waals surface area (Å²) in [5.41, 5.74) is 4.63. The van der Waals surface area contributed by atoms with E-state index in [0.717, 1.165) is 24.0 Å². The van der Waals surface area contributed by atoms with E-state index in [-0.39, 0.29) is 17.9 Å². The third-order valence-corrected chi connectivity index (χ3v) is 6.82. The molecule has 4 rings (SSSR count). The van der Waals surface area contributed by atoms with Gasteiger partial charge in [0.2, 0.25) is 0 Å². The van der Waals surface area contributed by atoms with E-state index in [4.69, 9.17) is 4.74 Å². The zero-order chi connectivity index (χ0) is 19.7. The lowest BCUT2D eigenvalue weighted by atomic mass is 9.98. The zero-order valence-electron chi connectivity index (χ0n) is 15.7. The average Bonchev–Trinajstić information content (AvgIpc) is 3.26. The minimum absolute atomic E-state index is 0.0282. The Morgan fingerprint density at radius 3 is 2.29 bits per heavy atom. The van der Waals surface area contributed by atoms with Crippen molar-refractivity contribution in [2.45, 2.75) is 37.1 Å². The van der Waals surface area contributed by atoms with E-state index < -0.39 is 18.1 Å². The Hall–Kier alpha value is -2.47. The van der Waals surface area contributed by atoms with E-state index in [1.807, 2.05) is 31.2 Å². The van der Waals surface area contributed by atoms with Crippen molar-refractivity contribution in [1.29, 1.82) is 0 Å². The highest BCUT2D eigenvalue weighted by atomic mass is 32.2. The number of carboxylic acids is 1. The number of rotatable bonds is 5. The van der Waals surface area contributed by atoms with Crippen molar-refractivity contribution in [2.24, 2.45) is 0 Å². The maximum absolute atomic E-state index is 12.9. The van der Waals surface area contributed by atoms with Gasteiger partial charge in [0.15, 0.2) is 0 Å². The molecular weight excluding hydrogens is 374 g/mol. The molecule has 0 spiro atoms. The molecule has 0 radical (unpaired) electrons. The quantitative estimate of drug-likeness (QED) is 0.801. The first-order chi connectivity index (χ1) is 13.6. The fourth-order valence-electron chi connectivity index (χ4n) is 4.14. The summed E-state index contributed by atoms with van der Waals surface area (Å²) in [7, 11) is 0. The fourth-order valence-corrected chi connectivity index (χ4v) is 5.64. The number of carbonyl (C=O) groups excluding carboxylic acids is 1. The van der Waals surface area contributed by atoms with Crippen molar-refractivity contribution in [2.75, 3.05) is 12.4 Å². The number of aliphatic carboxylic acids is 1. The monoisotopic (exact) mass is 397 g/mol. The van der Waals surface area contributed by atoms with Gasteiger partial charge in [-0.15, -0.1) is 11.8 Å². The van der Waals surface area contributed by atoms with Gasteiger partial charge in [0.1, 0.15) is 12.6 Å². The van der Waals surface area contributed by atoms with Crippen molar-refractivity contribution in [3.63, 3.8) is 0 Å². The molecule has 1 amide bonds. The molecule has 1 heterocycles. The zero-order valence-corrected chi connectivity index (χ0v) is 16.5. The molecule has 1 aliphatic carbocycles. The van der Waals surface area contributed by atoms with Crippen LogP contribution in [0.5, 0.6) is 0 Å². The van der Waals surface area contributed by atoms with E-state index in [2.05, 4.69) is 24.3 Å². The van der Waals surface area contributed by atoms with Gasteiger partial charge in [0.25, 0.3) is 0 Å². The first-order valence-electron chi connectivity index (χ1n) is 9.59. The van der Waals surface area contributed by atoms with Gasteiger partial charge in [0, 0.05) is 11.7 Å². The van der Waals surface area contributed by atoms with E-state index >= 15 is 0 Å². The Morgan fingerprint density at radius 1 is 1.11 bits per heavy atom. The number of carboxylic acid groups (broad SMARTS) is 1.